The third-order valence-corrected chi connectivity index (χ3v) is 3.27. The summed E-state index contributed by atoms with van der Waals surface area (Å²) in [7, 11) is 0. The van der Waals surface area contributed by atoms with Crippen molar-refractivity contribution in [3.63, 3.8) is 0 Å². The number of anilines is 1. The van der Waals surface area contributed by atoms with Gasteiger partial charge in [0.15, 0.2) is 0 Å². The summed E-state index contributed by atoms with van der Waals surface area (Å²) >= 11 is 6.45. The van der Waals surface area contributed by atoms with E-state index in [1.54, 1.807) is 29.2 Å². The second kappa shape index (κ2) is 10.4. The molecule has 0 aliphatic rings. The molecule has 0 aliphatic carbocycles. The third kappa shape index (κ3) is 6.65. The summed E-state index contributed by atoms with van der Waals surface area (Å²) in [5.74, 6) is 0.358. The molecule has 1 rings (SSSR count). The number of carbonyl (C=O) groups excluding carboxylic acids is 2. The van der Waals surface area contributed by atoms with Gasteiger partial charge in [0, 0.05) is 35.5 Å². The monoisotopic (exact) mass is 436 g/mol. The van der Waals surface area contributed by atoms with Gasteiger partial charge in [-0.3, -0.25) is 5.32 Å². The third-order valence-electron chi connectivity index (χ3n) is 2.59. The maximum Gasteiger partial charge on any atom is 0.415 e. The molecular weight excluding hydrogens is 420 g/mol. The number of nitrogens with one attached hydrogen (secondary N) is 1. The van der Waals surface area contributed by atoms with Crippen molar-refractivity contribution in [2.45, 2.75) is 6.92 Å². The number of benzene rings is 1. The maximum absolute atomic E-state index is 12.0. The first kappa shape index (κ1) is 18.8. The molecule has 0 saturated carbocycles. The smallest absolute Gasteiger partial charge is 0.415 e. The van der Waals surface area contributed by atoms with Crippen molar-refractivity contribution in [1.82, 2.24) is 4.90 Å². The molecule has 122 valence electrons. The molecule has 0 atom stereocenters. The quantitative estimate of drug-likeness (QED) is 0.658. The molecule has 0 bridgehead atoms. The lowest BCUT2D eigenvalue weighted by molar-refractivity contribution is 0.158. The van der Waals surface area contributed by atoms with E-state index in [1.807, 2.05) is 6.92 Å². The highest BCUT2D eigenvalue weighted by Crippen LogP contribution is 2.18. The minimum Gasteiger partial charge on any atom is -0.448 e. The topological polar surface area (TPSA) is 67.9 Å². The number of nitrogens with zero attached hydrogens (tertiary/aromatic N) is 1. The lowest BCUT2D eigenvalue weighted by Gasteiger charge is -2.19. The van der Waals surface area contributed by atoms with Gasteiger partial charge in [0.05, 0.1) is 0 Å². The fraction of sp³-hybridized carbons (Fsp3) is 0.429. The Morgan fingerprint density at radius 1 is 1.27 bits per heavy atom. The van der Waals surface area contributed by atoms with Crippen LogP contribution in [0.15, 0.2) is 24.3 Å². The largest absolute Gasteiger partial charge is 0.448 e. The molecule has 0 unspecified atom stereocenters. The van der Waals surface area contributed by atoms with Crippen molar-refractivity contribution in [2.24, 2.45) is 0 Å². The van der Waals surface area contributed by atoms with Crippen molar-refractivity contribution >= 4 is 49.7 Å². The number of rotatable bonds is 7. The summed E-state index contributed by atoms with van der Waals surface area (Å²) in [5, 5.41) is 3.81. The van der Waals surface area contributed by atoms with E-state index in [2.05, 4.69) is 37.2 Å². The van der Waals surface area contributed by atoms with E-state index in [0.29, 0.717) is 35.2 Å². The number of alkyl halides is 2. The molecule has 2 amide bonds. The Labute approximate surface area is 146 Å². The molecular formula is C14H18Br2N2O4. The zero-order valence-corrected chi connectivity index (χ0v) is 15.4. The number of halogens is 2. The fourth-order valence-corrected chi connectivity index (χ4v) is 2.16. The molecule has 0 radical (unpaired) electrons. The molecule has 0 heterocycles. The van der Waals surface area contributed by atoms with E-state index in [0.717, 1.165) is 0 Å². The Morgan fingerprint density at radius 3 is 2.68 bits per heavy atom. The molecule has 1 aromatic rings. The number of hydrogen-bond acceptors (Lipinski definition) is 4. The van der Waals surface area contributed by atoms with Gasteiger partial charge in [-0.05, 0) is 19.1 Å². The summed E-state index contributed by atoms with van der Waals surface area (Å²) < 4.78 is 10.2. The van der Waals surface area contributed by atoms with Gasteiger partial charge in [-0.15, -0.1) is 0 Å². The molecule has 0 fully saturated rings. The van der Waals surface area contributed by atoms with E-state index in [9.17, 15) is 9.59 Å². The maximum atomic E-state index is 12.0. The van der Waals surface area contributed by atoms with E-state index in [1.165, 1.54) is 0 Å². The average molecular weight is 438 g/mol. The van der Waals surface area contributed by atoms with Gasteiger partial charge in [-0.2, -0.15) is 0 Å². The molecule has 0 spiro atoms. The van der Waals surface area contributed by atoms with Crippen LogP contribution in [0.1, 0.15) is 6.92 Å². The van der Waals surface area contributed by atoms with Crippen molar-refractivity contribution in [1.29, 1.82) is 0 Å². The zero-order chi connectivity index (χ0) is 16.4. The lowest BCUT2D eigenvalue weighted by atomic mass is 10.3. The van der Waals surface area contributed by atoms with Crippen LogP contribution in [0.25, 0.3) is 0 Å². The van der Waals surface area contributed by atoms with Crippen LogP contribution in [-0.2, 0) is 4.74 Å². The molecule has 0 aliphatic heterocycles. The van der Waals surface area contributed by atoms with Gasteiger partial charge in [0.25, 0.3) is 0 Å². The van der Waals surface area contributed by atoms with Crippen molar-refractivity contribution in [3.05, 3.63) is 24.3 Å². The van der Waals surface area contributed by atoms with E-state index in [4.69, 9.17) is 9.47 Å². The van der Waals surface area contributed by atoms with Crippen LogP contribution in [0.4, 0.5) is 15.3 Å². The second-order valence-corrected chi connectivity index (χ2v) is 5.70. The summed E-state index contributed by atoms with van der Waals surface area (Å²) in [6, 6.07) is 6.58. The minimum absolute atomic E-state index is 0.276. The van der Waals surface area contributed by atoms with Crippen molar-refractivity contribution in [3.8, 4) is 5.75 Å². The van der Waals surface area contributed by atoms with Gasteiger partial charge < -0.3 is 14.4 Å². The van der Waals surface area contributed by atoms with Gasteiger partial charge in [0.1, 0.15) is 12.4 Å². The zero-order valence-electron chi connectivity index (χ0n) is 12.2. The van der Waals surface area contributed by atoms with Crippen LogP contribution in [0, 0.1) is 0 Å². The van der Waals surface area contributed by atoms with Crippen molar-refractivity contribution in [2.75, 3.05) is 35.7 Å². The molecule has 0 saturated heterocycles. The highest BCUT2D eigenvalue weighted by Gasteiger charge is 2.13. The van der Waals surface area contributed by atoms with Gasteiger partial charge in [-0.1, -0.05) is 37.9 Å². The summed E-state index contributed by atoms with van der Waals surface area (Å²) in [6.45, 7) is 3.27. The van der Waals surface area contributed by atoms with Crippen LogP contribution < -0.4 is 10.1 Å². The Kier molecular flexibility index (Phi) is 8.91. The lowest BCUT2D eigenvalue weighted by Crippen LogP contribution is -2.34. The van der Waals surface area contributed by atoms with Crippen LogP contribution in [0.5, 0.6) is 5.75 Å². The first-order valence-corrected chi connectivity index (χ1v) is 8.97. The predicted octanol–water partition coefficient (Wildman–Crippen LogP) is 3.85. The summed E-state index contributed by atoms with van der Waals surface area (Å²) in [6.07, 6.45) is -0.988. The molecule has 8 heteroatoms. The minimum atomic E-state index is -0.558. The molecule has 0 aromatic heterocycles. The normalized spacial score (nSPS) is 9.95. The van der Waals surface area contributed by atoms with E-state index >= 15 is 0 Å². The summed E-state index contributed by atoms with van der Waals surface area (Å²) in [5.41, 5.74) is 0.494. The number of amides is 2. The Bertz CT molecular complexity index is 499. The van der Waals surface area contributed by atoms with E-state index < -0.39 is 12.2 Å². The van der Waals surface area contributed by atoms with Crippen LogP contribution >= 0.6 is 31.9 Å². The fourth-order valence-electron chi connectivity index (χ4n) is 1.57. The number of carbonyl (C=O) groups is 2. The van der Waals surface area contributed by atoms with Crippen LogP contribution in [0.2, 0.25) is 0 Å². The van der Waals surface area contributed by atoms with Crippen molar-refractivity contribution < 1.29 is 19.1 Å². The van der Waals surface area contributed by atoms with Gasteiger partial charge in [0.2, 0.25) is 0 Å². The molecule has 22 heavy (non-hydrogen) atoms. The first-order valence-electron chi connectivity index (χ1n) is 6.73. The highest BCUT2D eigenvalue weighted by atomic mass is 79.9. The SMILES string of the molecule is CCN(CCBr)C(=O)Oc1cccc(NC(=O)OCCBr)c1. The Balaban J connectivity index is 2.63. The second-order valence-electron chi connectivity index (χ2n) is 4.11. The first-order chi connectivity index (χ1) is 10.6. The van der Waals surface area contributed by atoms with E-state index in [-0.39, 0.29) is 6.61 Å². The van der Waals surface area contributed by atoms with Crippen LogP contribution in [0.3, 0.4) is 0 Å². The molecule has 1 aromatic carbocycles. The van der Waals surface area contributed by atoms with Gasteiger partial charge in [-0.25, -0.2) is 9.59 Å². The Morgan fingerprint density at radius 2 is 2.05 bits per heavy atom. The standard InChI is InChI=1S/C14H18Br2N2O4/c1-2-18(8-6-15)14(20)22-12-5-3-4-11(10-12)17-13(19)21-9-7-16/h3-5,10H,2,6-9H2,1H3,(H,17,19). The summed E-state index contributed by atoms with van der Waals surface area (Å²) in [4.78, 5) is 25.0. The molecule has 6 nitrogen and oxygen atoms in total. The number of ether oxygens (including phenoxy) is 2. The van der Waals surface area contributed by atoms with Crippen LogP contribution in [-0.4, -0.2) is 47.4 Å². The predicted molar refractivity (Wildman–Crippen MR) is 92.3 cm³/mol. The number of hydrogen-bond donors (Lipinski definition) is 1. The highest BCUT2D eigenvalue weighted by molar-refractivity contribution is 9.09. The Hall–Kier alpha value is -1.28. The van der Waals surface area contributed by atoms with Gasteiger partial charge >= 0.3 is 12.2 Å². The molecule has 1 N–H and O–H groups in total. The average Bonchev–Trinajstić information content (AvgIpc) is 2.50.